The van der Waals surface area contributed by atoms with Gasteiger partial charge in [-0.1, -0.05) is 26.8 Å². The Balaban J connectivity index is 1.92. The second-order valence-corrected chi connectivity index (χ2v) is 9.15. The van der Waals surface area contributed by atoms with Crippen molar-refractivity contribution in [1.29, 1.82) is 0 Å². The molecule has 0 saturated heterocycles. The lowest BCUT2D eigenvalue weighted by Gasteiger charge is -2.36. The second kappa shape index (κ2) is 7.67. The topological polar surface area (TPSA) is 87.8 Å². The number of rotatable bonds is 4. The lowest BCUT2D eigenvalue weighted by atomic mass is 9.83. The normalized spacial score (nSPS) is 18.4. The van der Waals surface area contributed by atoms with Gasteiger partial charge in [0.2, 0.25) is 0 Å². The smallest absolute Gasteiger partial charge is 0.308 e. The predicted octanol–water partition coefficient (Wildman–Crippen LogP) is 4.60. The first-order valence-electron chi connectivity index (χ1n) is 9.96. The van der Waals surface area contributed by atoms with E-state index in [1.807, 2.05) is 46.8 Å². The summed E-state index contributed by atoms with van der Waals surface area (Å²) in [5, 5.41) is 0. The number of Topliss-reactive ketones (excluding diaryl/α,β-unsaturated/α-hetero) is 1. The van der Waals surface area contributed by atoms with E-state index in [0.717, 1.165) is 11.1 Å². The molecule has 2 N–H and O–H groups in total. The number of ether oxygens (including phenoxy) is 3. The predicted molar refractivity (Wildman–Crippen MR) is 116 cm³/mol. The molecule has 1 aliphatic heterocycles. The summed E-state index contributed by atoms with van der Waals surface area (Å²) in [6, 6.07) is 8.88. The third-order valence-corrected chi connectivity index (χ3v) is 5.08. The number of nitrogens with two attached hydrogens (primary N) is 1. The van der Waals surface area contributed by atoms with E-state index in [-0.39, 0.29) is 24.2 Å². The van der Waals surface area contributed by atoms with E-state index in [9.17, 15) is 9.59 Å². The number of hydrogen-bond donors (Lipinski definition) is 1. The monoisotopic (exact) mass is 411 g/mol. The highest BCUT2D eigenvalue weighted by atomic mass is 16.5. The van der Waals surface area contributed by atoms with Crippen molar-refractivity contribution in [3.8, 4) is 17.2 Å². The summed E-state index contributed by atoms with van der Waals surface area (Å²) < 4.78 is 17.6. The molecular formula is C24H29NO5. The molecule has 6 nitrogen and oxygen atoms in total. The van der Waals surface area contributed by atoms with Crippen molar-refractivity contribution in [2.24, 2.45) is 0 Å². The molecule has 0 aromatic heterocycles. The van der Waals surface area contributed by atoms with Gasteiger partial charge in [0.05, 0.1) is 12.0 Å². The van der Waals surface area contributed by atoms with Crippen molar-refractivity contribution >= 4 is 17.4 Å². The summed E-state index contributed by atoms with van der Waals surface area (Å²) in [5.41, 5.74) is 7.49. The molecule has 0 spiro atoms. The van der Waals surface area contributed by atoms with Crippen LogP contribution in [-0.4, -0.2) is 24.0 Å². The van der Waals surface area contributed by atoms with Gasteiger partial charge in [0.1, 0.15) is 29.5 Å². The van der Waals surface area contributed by atoms with Gasteiger partial charge >= 0.3 is 5.97 Å². The zero-order chi connectivity index (χ0) is 22.3. The van der Waals surface area contributed by atoms with Crippen LogP contribution in [0.1, 0.15) is 62.5 Å². The Kier molecular flexibility index (Phi) is 5.54. The fourth-order valence-electron chi connectivity index (χ4n) is 3.51. The first kappa shape index (κ1) is 21.7. The number of ketones is 1. The zero-order valence-corrected chi connectivity index (χ0v) is 18.4. The number of carbonyl (C=O) groups excluding carboxylic acids is 2. The van der Waals surface area contributed by atoms with Gasteiger partial charge in [-0.25, -0.2) is 0 Å². The van der Waals surface area contributed by atoms with E-state index in [1.165, 1.54) is 6.92 Å². The van der Waals surface area contributed by atoms with Crippen LogP contribution in [0, 0.1) is 6.92 Å². The maximum Gasteiger partial charge on any atom is 0.308 e. The van der Waals surface area contributed by atoms with Crippen molar-refractivity contribution in [1.82, 2.24) is 0 Å². The number of carbonyl (C=O) groups is 2. The van der Waals surface area contributed by atoms with E-state index in [2.05, 4.69) is 0 Å². The molecule has 2 aromatic carbocycles. The van der Waals surface area contributed by atoms with Crippen LogP contribution in [0.4, 0.5) is 5.69 Å². The largest absolute Gasteiger partial charge is 0.489 e. The Morgan fingerprint density at radius 3 is 2.53 bits per heavy atom. The minimum Gasteiger partial charge on any atom is -0.489 e. The number of anilines is 1. The number of fused-ring (bicyclic) bond motifs is 1. The van der Waals surface area contributed by atoms with E-state index in [1.54, 1.807) is 18.2 Å². The van der Waals surface area contributed by atoms with Crippen LogP contribution < -0.4 is 19.9 Å². The first-order valence-corrected chi connectivity index (χ1v) is 9.96. The lowest BCUT2D eigenvalue weighted by molar-refractivity contribution is -0.132. The van der Waals surface area contributed by atoms with Crippen molar-refractivity contribution in [3.05, 3.63) is 47.0 Å². The molecule has 160 valence electrons. The summed E-state index contributed by atoms with van der Waals surface area (Å²) in [7, 11) is 0. The van der Waals surface area contributed by atoms with Crippen LogP contribution >= 0.6 is 0 Å². The minimum absolute atomic E-state index is 0.0829. The minimum atomic E-state index is -0.834. The molecule has 0 saturated carbocycles. The highest BCUT2D eigenvalue weighted by Crippen LogP contribution is 2.42. The van der Waals surface area contributed by atoms with Crippen molar-refractivity contribution in [2.75, 3.05) is 12.3 Å². The molecule has 0 bridgehead atoms. The molecule has 0 radical (unpaired) electrons. The number of nitrogen functional groups attached to an aromatic ring is 1. The van der Waals surface area contributed by atoms with E-state index in [4.69, 9.17) is 19.9 Å². The molecule has 0 aliphatic carbocycles. The molecular weight excluding hydrogens is 382 g/mol. The fourth-order valence-corrected chi connectivity index (χ4v) is 3.51. The molecule has 0 amide bonds. The van der Waals surface area contributed by atoms with Crippen molar-refractivity contribution in [3.63, 3.8) is 0 Å². The molecule has 1 aliphatic rings. The highest BCUT2D eigenvalue weighted by Gasteiger charge is 2.39. The van der Waals surface area contributed by atoms with Crippen LogP contribution in [-0.2, 0) is 10.2 Å². The number of benzene rings is 2. The average molecular weight is 411 g/mol. The Morgan fingerprint density at radius 2 is 1.90 bits per heavy atom. The lowest BCUT2D eigenvalue weighted by Crippen LogP contribution is -2.44. The third kappa shape index (κ3) is 4.58. The van der Waals surface area contributed by atoms with Crippen LogP contribution in [0.3, 0.4) is 0 Å². The quantitative estimate of drug-likeness (QED) is 0.449. The highest BCUT2D eigenvalue weighted by molar-refractivity contribution is 6.01. The molecule has 1 atom stereocenters. The van der Waals surface area contributed by atoms with Crippen molar-refractivity contribution < 1.29 is 23.8 Å². The average Bonchev–Trinajstić information content (AvgIpc) is 2.61. The summed E-state index contributed by atoms with van der Waals surface area (Å²) in [6.07, 6.45) is 0.149. The van der Waals surface area contributed by atoms with Crippen LogP contribution in [0.15, 0.2) is 30.3 Å². The molecule has 1 heterocycles. The van der Waals surface area contributed by atoms with E-state index in [0.29, 0.717) is 28.5 Å². The van der Waals surface area contributed by atoms with E-state index < -0.39 is 11.6 Å². The fraction of sp³-hybridized carbons (Fsp3) is 0.417. The second-order valence-electron chi connectivity index (χ2n) is 9.15. The van der Waals surface area contributed by atoms with Gasteiger partial charge < -0.3 is 19.9 Å². The third-order valence-electron chi connectivity index (χ3n) is 5.08. The maximum atomic E-state index is 12.9. The van der Waals surface area contributed by atoms with Crippen LogP contribution in [0.5, 0.6) is 17.2 Å². The van der Waals surface area contributed by atoms with Gasteiger partial charge in [0.15, 0.2) is 5.78 Å². The van der Waals surface area contributed by atoms with Gasteiger partial charge in [-0.2, -0.15) is 0 Å². The number of hydrogen-bond acceptors (Lipinski definition) is 6. The Bertz CT molecular complexity index is 1010. The molecule has 1 unspecified atom stereocenters. The van der Waals surface area contributed by atoms with Gasteiger partial charge in [-0.15, -0.1) is 0 Å². The summed E-state index contributed by atoms with van der Waals surface area (Å²) in [6.45, 7) is 11.4. The van der Waals surface area contributed by atoms with Gasteiger partial charge in [-0.3, -0.25) is 9.59 Å². The maximum absolute atomic E-state index is 12.9. The van der Waals surface area contributed by atoms with Crippen LogP contribution in [0.2, 0.25) is 0 Å². The Hall–Kier alpha value is -3.02. The SMILES string of the molecule is CC(=O)Oc1cc2c(cc1C(C)(C)C)OC(C)(COc1cc(N)ccc1C)CC2=O. The molecule has 0 fully saturated rings. The summed E-state index contributed by atoms with van der Waals surface area (Å²) >= 11 is 0. The summed E-state index contributed by atoms with van der Waals surface area (Å²) in [5.74, 6) is 1.02. The molecule has 30 heavy (non-hydrogen) atoms. The van der Waals surface area contributed by atoms with E-state index >= 15 is 0 Å². The Labute approximate surface area is 177 Å². The number of esters is 1. The Morgan fingerprint density at radius 1 is 1.20 bits per heavy atom. The van der Waals surface area contributed by atoms with Gasteiger partial charge in [-0.05, 0) is 43.0 Å². The number of aryl methyl sites for hydroxylation is 1. The van der Waals surface area contributed by atoms with Gasteiger partial charge in [0.25, 0.3) is 0 Å². The zero-order valence-electron chi connectivity index (χ0n) is 18.4. The van der Waals surface area contributed by atoms with Crippen molar-refractivity contribution in [2.45, 2.75) is 59.0 Å². The molecule has 2 aromatic rings. The molecule has 3 rings (SSSR count). The van der Waals surface area contributed by atoms with Crippen LogP contribution in [0.25, 0.3) is 0 Å². The summed E-state index contributed by atoms with van der Waals surface area (Å²) in [4.78, 5) is 24.5. The van der Waals surface area contributed by atoms with Gasteiger partial charge in [0, 0.05) is 24.2 Å². The molecule has 6 heteroatoms. The first-order chi connectivity index (χ1) is 13.9. The standard InChI is InChI=1S/C24H29NO5/c1-14-7-8-16(25)9-20(14)28-13-24(6)12-19(27)17-10-22(29-15(2)26)18(23(3,4)5)11-21(17)30-24/h7-11H,12-13,25H2,1-6H3.